The Hall–Kier alpha value is -3.84. The molecule has 0 fully saturated rings. The van der Waals surface area contributed by atoms with Gasteiger partial charge in [-0.25, -0.2) is 4.79 Å². The Morgan fingerprint density at radius 3 is 2.80 bits per heavy atom. The van der Waals surface area contributed by atoms with Crippen molar-refractivity contribution in [2.75, 3.05) is 0 Å². The summed E-state index contributed by atoms with van der Waals surface area (Å²) in [6, 6.07) is 16.2. The highest BCUT2D eigenvalue weighted by Crippen LogP contribution is 2.34. The van der Waals surface area contributed by atoms with E-state index in [-0.39, 0.29) is 5.56 Å². The van der Waals surface area contributed by atoms with Crippen molar-refractivity contribution in [3.63, 3.8) is 0 Å². The van der Waals surface area contributed by atoms with Crippen LogP contribution in [0.3, 0.4) is 0 Å². The maximum absolute atomic E-state index is 11.5. The molecule has 0 spiro atoms. The van der Waals surface area contributed by atoms with Crippen LogP contribution in [-0.2, 0) is 7.05 Å². The standard InChI is InChI=1S/C22H15ClN4O3/c1-27-18-10-12(30-19-5-3-2-4-15(19)23)6-7-13(18)21(26-27)17-11-16-20(25-17)14(22(28)29)8-9-24-16/h2-11,25H,1H3,(H,28,29). The summed E-state index contributed by atoms with van der Waals surface area (Å²) in [6.45, 7) is 0. The summed E-state index contributed by atoms with van der Waals surface area (Å²) in [6.07, 6.45) is 1.48. The molecule has 0 saturated heterocycles. The van der Waals surface area contributed by atoms with Crippen LogP contribution in [0.2, 0.25) is 5.02 Å². The number of carboxylic acids is 1. The number of fused-ring (bicyclic) bond motifs is 2. The molecule has 7 nitrogen and oxygen atoms in total. The topological polar surface area (TPSA) is 93.0 Å². The van der Waals surface area contributed by atoms with Crippen molar-refractivity contribution in [1.29, 1.82) is 0 Å². The molecule has 3 aromatic heterocycles. The number of carbonyl (C=O) groups is 1. The Morgan fingerprint density at radius 1 is 1.17 bits per heavy atom. The zero-order valence-corrected chi connectivity index (χ0v) is 16.5. The van der Waals surface area contributed by atoms with E-state index in [0.29, 0.717) is 38.9 Å². The van der Waals surface area contributed by atoms with Crippen LogP contribution < -0.4 is 4.74 Å². The third kappa shape index (κ3) is 2.96. The minimum atomic E-state index is -1.01. The number of aryl methyl sites for hydroxylation is 1. The number of aromatic amines is 1. The highest BCUT2D eigenvalue weighted by Gasteiger charge is 2.17. The van der Waals surface area contributed by atoms with Gasteiger partial charge in [0, 0.05) is 24.7 Å². The second-order valence-electron chi connectivity index (χ2n) is 6.79. The predicted molar refractivity (Wildman–Crippen MR) is 114 cm³/mol. The van der Waals surface area contributed by atoms with Crippen molar-refractivity contribution < 1.29 is 14.6 Å². The van der Waals surface area contributed by atoms with Crippen LogP contribution in [0.4, 0.5) is 0 Å². The van der Waals surface area contributed by atoms with Crippen molar-refractivity contribution in [2.45, 2.75) is 0 Å². The summed E-state index contributed by atoms with van der Waals surface area (Å²) in [5.74, 6) is 0.198. The van der Waals surface area contributed by atoms with Crippen LogP contribution in [0.15, 0.2) is 60.8 Å². The number of aromatic carboxylic acids is 1. The Labute approximate surface area is 175 Å². The molecule has 0 aliphatic rings. The van der Waals surface area contributed by atoms with Gasteiger partial charge in [0.15, 0.2) is 0 Å². The van der Waals surface area contributed by atoms with E-state index in [1.807, 2.05) is 37.4 Å². The van der Waals surface area contributed by atoms with Gasteiger partial charge >= 0.3 is 5.97 Å². The normalized spacial score (nSPS) is 11.3. The smallest absolute Gasteiger partial charge is 0.337 e. The van der Waals surface area contributed by atoms with Gasteiger partial charge in [-0.2, -0.15) is 5.10 Å². The highest BCUT2D eigenvalue weighted by atomic mass is 35.5. The number of halogens is 1. The Balaban J connectivity index is 1.60. The number of hydrogen-bond acceptors (Lipinski definition) is 4. The molecule has 2 aromatic carbocycles. The minimum absolute atomic E-state index is 0.168. The van der Waals surface area contributed by atoms with Crippen molar-refractivity contribution >= 4 is 39.5 Å². The molecule has 0 aliphatic heterocycles. The number of rotatable bonds is 4. The number of para-hydroxylation sites is 1. The van der Waals surface area contributed by atoms with Crippen LogP contribution in [0.25, 0.3) is 33.3 Å². The third-order valence-electron chi connectivity index (χ3n) is 4.89. The van der Waals surface area contributed by atoms with Gasteiger partial charge in [0.1, 0.15) is 17.2 Å². The van der Waals surface area contributed by atoms with E-state index in [1.165, 1.54) is 12.3 Å². The fraction of sp³-hybridized carbons (Fsp3) is 0.0455. The Bertz CT molecular complexity index is 1440. The lowest BCUT2D eigenvalue weighted by molar-refractivity contribution is 0.0698. The zero-order chi connectivity index (χ0) is 20.8. The van der Waals surface area contributed by atoms with Crippen LogP contribution in [-0.4, -0.2) is 30.8 Å². The molecule has 30 heavy (non-hydrogen) atoms. The minimum Gasteiger partial charge on any atom is -0.478 e. The van der Waals surface area contributed by atoms with Crippen molar-refractivity contribution in [2.24, 2.45) is 7.05 Å². The number of nitrogens with one attached hydrogen (secondary N) is 1. The fourth-order valence-corrected chi connectivity index (χ4v) is 3.66. The second kappa shape index (κ2) is 6.89. The molecule has 8 heteroatoms. The molecule has 0 unspecified atom stereocenters. The van der Waals surface area contributed by atoms with E-state index in [2.05, 4.69) is 15.1 Å². The number of nitrogens with zero attached hydrogens (tertiary/aromatic N) is 3. The van der Waals surface area contributed by atoms with Gasteiger partial charge in [-0.1, -0.05) is 23.7 Å². The second-order valence-corrected chi connectivity index (χ2v) is 7.20. The average Bonchev–Trinajstić information content (AvgIpc) is 3.30. The Kier molecular flexibility index (Phi) is 4.18. The number of pyridine rings is 1. The maximum atomic E-state index is 11.5. The maximum Gasteiger partial charge on any atom is 0.337 e. The highest BCUT2D eigenvalue weighted by molar-refractivity contribution is 6.32. The van der Waals surface area contributed by atoms with Gasteiger partial charge in [-0.15, -0.1) is 0 Å². The van der Waals surface area contributed by atoms with Crippen LogP contribution >= 0.6 is 11.6 Å². The largest absolute Gasteiger partial charge is 0.478 e. The number of benzene rings is 2. The summed E-state index contributed by atoms with van der Waals surface area (Å²) in [5.41, 5.74) is 3.46. The molecular formula is C22H15ClN4O3. The number of H-pyrrole nitrogens is 1. The van der Waals surface area contributed by atoms with E-state index >= 15 is 0 Å². The fourth-order valence-electron chi connectivity index (χ4n) is 3.49. The van der Waals surface area contributed by atoms with E-state index in [1.54, 1.807) is 22.9 Å². The molecule has 0 bridgehead atoms. The van der Waals surface area contributed by atoms with Crippen LogP contribution in [0.1, 0.15) is 10.4 Å². The molecule has 0 atom stereocenters. The van der Waals surface area contributed by atoms with Gasteiger partial charge in [0.25, 0.3) is 0 Å². The lowest BCUT2D eigenvalue weighted by Gasteiger charge is -2.07. The first-order chi connectivity index (χ1) is 14.5. The molecular weight excluding hydrogens is 404 g/mol. The number of hydrogen-bond donors (Lipinski definition) is 2. The number of carboxylic acid groups (broad SMARTS) is 1. The number of ether oxygens (including phenoxy) is 1. The molecule has 0 radical (unpaired) electrons. The van der Waals surface area contributed by atoms with Gasteiger partial charge < -0.3 is 14.8 Å². The first-order valence-corrected chi connectivity index (χ1v) is 9.49. The van der Waals surface area contributed by atoms with E-state index < -0.39 is 5.97 Å². The van der Waals surface area contributed by atoms with Crippen molar-refractivity contribution in [3.05, 3.63) is 71.4 Å². The van der Waals surface area contributed by atoms with E-state index in [4.69, 9.17) is 16.3 Å². The zero-order valence-electron chi connectivity index (χ0n) is 15.8. The van der Waals surface area contributed by atoms with Gasteiger partial charge in [-0.3, -0.25) is 9.67 Å². The van der Waals surface area contributed by atoms with E-state index in [9.17, 15) is 9.90 Å². The van der Waals surface area contributed by atoms with Crippen LogP contribution in [0, 0.1) is 0 Å². The van der Waals surface area contributed by atoms with Gasteiger partial charge in [0.2, 0.25) is 0 Å². The molecule has 2 N–H and O–H groups in total. The van der Waals surface area contributed by atoms with E-state index in [0.717, 1.165) is 10.9 Å². The summed E-state index contributed by atoms with van der Waals surface area (Å²) in [4.78, 5) is 18.9. The van der Waals surface area contributed by atoms with Gasteiger partial charge in [-0.05, 0) is 36.4 Å². The molecule has 0 aliphatic carbocycles. The van der Waals surface area contributed by atoms with Gasteiger partial charge in [0.05, 0.1) is 32.8 Å². The molecule has 148 valence electrons. The van der Waals surface area contributed by atoms with Crippen molar-refractivity contribution in [1.82, 2.24) is 19.7 Å². The first kappa shape index (κ1) is 18.2. The lowest BCUT2D eigenvalue weighted by Crippen LogP contribution is -1.97. The summed E-state index contributed by atoms with van der Waals surface area (Å²) in [5, 5.41) is 15.5. The molecule has 0 amide bonds. The van der Waals surface area contributed by atoms with Crippen molar-refractivity contribution in [3.8, 4) is 22.9 Å². The molecule has 0 saturated carbocycles. The average molecular weight is 419 g/mol. The van der Waals surface area contributed by atoms with Crippen LogP contribution in [0.5, 0.6) is 11.5 Å². The summed E-state index contributed by atoms with van der Waals surface area (Å²) >= 11 is 6.19. The predicted octanol–water partition coefficient (Wildman–Crippen LogP) is 5.26. The molecule has 3 heterocycles. The quantitative estimate of drug-likeness (QED) is 0.415. The lowest BCUT2D eigenvalue weighted by atomic mass is 10.1. The molecule has 5 aromatic rings. The number of aromatic nitrogens is 4. The Morgan fingerprint density at radius 2 is 2.00 bits per heavy atom. The first-order valence-electron chi connectivity index (χ1n) is 9.12. The summed E-state index contributed by atoms with van der Waals surface area (Å²) < 4.78 is 7.67. The summed E-state index contributed by atoms with van der Waals surface area (Å²) in [7, 11) is 1.84. The third-order valence-corrected chi connectivity index (χ3v) is 5.21. The molecule has 5 rings (SSSR count). The monoisotopic (exact) mass is 418 g/mol. The SMILES string of the molecule is Cn1nc(-c2cc3nccc(C(=O)O)c3[nH]2)c2ccc(Oc3ccccc3Cl)cc21.